The fraction of sp³-hybridized carbons (Fsp3) is 0.400. The summed E-state index contributed by atoms with van der Waals surface area (Å²) >= 11 is 0. The largest absolute Gasteiger partial charge is 0.497 e. The van der Waals surface area contributed by atoms with Gasteiger partial charge >= 0.3 is 0 Å². The highest BCUT2D eigenvalue weighted by atomic mass is 16.5. The van der Waals surface area contributed by atoms with E-state index < -0.39 is 0 Å². The highest BCUT2D eigenvalue weighted by Gasteiger charge is 2.17. The first kappa shape index (κ1) is 14.4. The molecule has 1 aliphatic heterocycles. The lowest BCUT2D eigenvalue weighted by Gasteiger charge is -2.18. The quantitative estimate of drug-likeness (QED) is 0.850. The van der Waals surface area contributed by atoms with Gasteiger partial charge in [0.05, 0.1) is 12.7 Å². The summed E-state index contributed by atoms with van der Waals surface area (Å²) < 4.78 is 10.7. The fourth-order valence-corrected chi connectivity index (χ4v) is 1.94. The normalized spacial score (nSPS) is 14.7. The number of rotatable bonds is 5. The monoisotopic (exact) mass is 276 g/mol. The number of ether oxygens (including phenoxy) is 2. The van der Waals surface area contributed by atoms with Gasteiger partial charge in [-0.05, 0) is 37.6 Å². The van der Waals surface area contributed by atoms with Crippen molar-refractivity contribution in [1.82, 2.24) is 5.32 Å². The summed E-state index contributed by atoms with van der Waals surface area (Å²) in [5, 5.41) is 2.84. The molecule has 0 aliphatic carbocycles. The number of nitrogens with one attached hydrogen (secondary N) is 1. The van der Waals surface area contributed by atoms with E-state index >= 15 is 0 Å². The first-order chi connectivity index (χ1) is 9.60. The maximum atomic E-state index is 12.0. The minimum Gasteiger partial charge on any atom is -0.497 e. The van der Waals surface area contributed by atoms with Gasteiger partial charge in [-0.15, -0.1) is 0 Å². The average molecular weight is 276 g/mol. The Balaban J connectivity index is 2.06. The van der Waals surface area contributed by atoms with E-state index in [9.17, 15) is 4.79 Å². The molecule has 5 heteroatoms. The van der Waals surface area contributed by atoms with Crippen molar-refractivity contribution in [2.45, 2.75) is 19.4 Å². The first-order valence-electron chi connectivity index (χ1n) is 6.65. The van der Waals surface area contributed by atoms with Gasteiger partial charge in [0, 0.05) is 18.2 Å². The molecule has 0 saturated heterocycles. The molecule has 1 atom stereocenters. The zero-order valence-corrected chi connectivity index (χ0v) is 11.8. The molecule has 2 rings (SSSR count). The molecule has 0 spiro atoms. The number of hydrogen-bond donors (Lipinski definition) is 2. The Labute approximate surface area is 118 Å². The van der Waals surface area contributed by atoms with E-state index in [1.165, 1.54) is 0 Å². The number of methoxy groups -OCH3 is 1. The van der Waals surface area contributed by atoms with Crippen molar-refractivity contribution < 1.29 is 14.3 Å². The van der Waals surface area contributed by atoms with Crippen LogP contribution < -0.4 is 20.5 Å². The van der Waals surface area contributed by atoms with Gasteiger partial charge in [0.1, 0.15) is 18.1 Å². The van der Waals surface area contributed by atoms with Gasteiger partial charge in [0.25, 0.3) is 5.91 Å². The molecule has 1 heterocycles. The number of carbonyl (C=O) groups is 1. The van der Waals surface area contributed by atoms with Crippen LogP contribution in [0.25, 0.3) is 6.08 Å². The Kier molecular flexibility index (Phi) is 4.63. The van der Waals surface area contributed by atoms with Crippen LogP contribution in [0.3, 0.4) is 0 Å². The molecule has 0 fully saturated rings. The minimum atomic E-state index is -0.112. The molecule has 1 aromatic rings. The number of benzene rings is 1. The van der Waals surface area contributed by atoms with E-state index in [4.69, 9.17) is 15.2 Å². The van der Waals surface area contributed by atoms with Crippen molar-refractivity contribution >= 4 is 12.0 Å². The minimum absolute atomic E-state index is 0.0804. The van der Waals surface area contributed by atoms with E-state index in [0.717, 1.165) is 23.5 Å². The lowest BCUT2D eigenvalue weighted by Crippen LogP contribution is -2.32. The van der Waals surface area contributed by atoms with Crippen LogP contribution in [-0.2, 0) is 4.79 Å². The maximum absolute atomic E-state index is 12.0. The Morgan fingerprint density at radius 2 is 2.35 bits per heavy atom. The van der Waals surface area contributed by atoms with Crippen LogP contribution in [-0.4, -0.2) is 32.2 Å². The van der Waals surface area contributed by atoms with Crippen LogP contribution in [0.4, 0.5) is 0 Å². The van der Waals surface area contributed by atoms with E-state index in [2.05, 4.69) is 5.32 Å². The molecule has 0 aromatic heterocycles. The standard InChI is InChI=1S/C15H20N2O3/c1-10(16)5-6-17-15(18)12-7-11-8-13(19-2)3-4-14(11)20-9-12/h3-4,7-8,10H,5-6,9,16H2,1-2H3,(H,17,18). The molecular formula is C15H20N2O3. The highest BCUT2D eigenvalue weighted by Crippen LogP contribution is 2.29. The molecule has 0 radical (unpaired) electrons. The molecule has 0 bridgehead atoms. The third-order valence-corrected chi connectivity index (χ3v) is 3.11. The summed E-state index contributed by atoms with van der Waals surface area (Å²) in [6, 6.07) is 5.61. The summed E-state index contributed by atoms with van der Waals surface area (Å²) in [6.07, 6.45) is 2.59. The number of fused-ring (bicyclic) bond motifs is 1. The number of carbonyl (C=O) groups excluding carboxylic acids is 1. The predicted octanol–water partition coefficient (Wildman–Crippen LogP) is 1.32. The second kappa shape index (κ2) is 6.43. The lowest BCUT2D eigenvalue weighted by molar-refractivity contribution is -0.117. The third-order valence-electron chi connectivity index (χ3n) is 3.11. The first-order valence-corrected chi connectivity index (χ1v) is 6.65. The van der Waals surface area contributed by atoms with Gasteiger partial charge in [0.15, 0.2) is 0 Å². The van der Waals surface area contributed by atoms with E-state index in [0.29, 0.717) is 12.1 Å². The predicted molar refractivity (Wildman–Crippen MR) is 77.7 cm³/mol. The molecular weight excluding hydrogens is 256 g/mol. The van der Waals surface area contributed by atoms with Crippen LogP contribution in [0.15, 0.2) is 23.8 Å². The molecule has 3 N–H and O–H groups in total. The molecule has 108 valence electrons. The summed E-state index contributed by atoms with van der Waals surface area (Å²) in [4.78, 5) is 12.0. The Morgan fingerprint density at radius 3 is 3.05 bits per heavy atom. The van der Waals surface area contributed by atoms with Crippen LogP contribution in [0, 0.1) is 0 Å². The smallest absolute Gasteiger partial charge is 0.250 e. The van der Waals surface area contributed by atoms with Gasteiger partial charge < -0.3 is 20.5 Å². The van der Waals surface area contributed by atoms with Crippen molar-refractivity contribution in [3.05, 3.63) is 29.3 Å². The van der Waals surface area contributed by atoms with Crippen molar-refractivity contribution in [3.8, 4) is 11.5 Å². The van der Waals surface area contributed by atoms with E-state index in [-0.39, 0.29) is 18.6 Å². The van der Waals surface area contributed by atoms with Gasteiger partial charge in [-0.1, -0.05) is 0 Å². The maximum Gasteiger partial charge on any atom is 0.250 e. The van der Waals surface area contributed by atoms with Crippen LogP contribution in [0.1, 0.15) is 18.9 Å². The molecule has 1 amide bonds. The summed E-state index contributed by atoms with van der Waals surface area (Å²) in [6.45, 7) is 2.76. The van der Waals surface area contributed by atoms with Gasteiger partial charge in [-0.3, -0.25) is 4.79 Å². The Hall–Kier alpha value is -2.01. The number of amides is 1. The second-order valence-electron chi connectivity index (χ2n) is 4.88. The zero-order chi connectivity index (χ0) is 14.5. The summed E-state index contributed by atoms with van der Waals surface area (Å²) in [5.74, 6) is 1.39. The third kappa shape index (κ3) is 3.51. The SMILES string of the molecule is COc1ccc2c(c1)C=C(C(=O)NCCC(C)N)CO2. The molecule has 1 aliphatic rings. The Morgan fingerprint density at radius 1 is 1.55 bits per heavy atom. The lowest BCUT2D eigenvalue weighted by atomic mass is 10.1. The molecule has 20 heavy (non-hydrogen) atoms. The van der Waals surface area contributed by atoms with E-state index in [1.807, 2.05) is 31.2 Å². The van der Waals surface area contributed by atoms with E-state index in [1.54, 1.807) is 7.11 Å². The molecule has 0 saturated carbocycles. The highest BCUT2D eigenvalue weighted by molar-refractivity contribution is 5.99. The van der Waals surface area contributed by atoms with Gasteiger partial charge in [-0.25, -0.2) is 0 Å². The van der Waals surface area contributed by atoms with Gasteiger partial charge in [-0.2, -0.15) is 0 Å². The van der Waals surface area contributed by atoms with Crippen molar-refractivity contribution in [1.29, 1.82) is 0 Å². The number of nitrogens with two attached hydrogens (primary N) is 1. The van der Waals surface area contributed by atoms with Crippen molar-refractivity contribution in [2.75, 3.05) is 20.3 Å². The Bertz CT molecular complexity index is 524. The van der Waals surface area contributed by atoms with Crippen LogP contribution in [0.5, 0.6) is 11.5 Å². The second-order valence-corrected chi connectivity index (χ2v) is 4.88. The topological polar surface area (TPSA) is 73.6 Å². The molecule has 1 unspecified atom stereocenters. The van der Waals surface area contributed by atoms with Crippen LogP contribution >= 0.6 is 0 Å². The van der Waals surface area contributed by atoms with Crippen molar-refractivity contribution in [3.63, 3.8) is 0 Å². The van der Waals surface area contributed by atoms with Crippen molar-refractivity contribution in [2.24, 2.45) is 5.73 Å². The average Bonchev–Trinajstić information content (AvgIpc) is 2.45. The van der Waals surface area contributed by atoms with Gasteiger partial charge in [0.2, 0.25) is 0 Å². The zero-order valence-electron chi connectivity index (χ0n) is 11.8. The number of hydrogen-bond acceptors (Lipinski definition) is 4. The van der Waals surface area contributed by atoms with Crippen LogP contribution in [0.2, 0.25) is 0 Å². The summed E-state index contributed by atoms with van der Waals surface area (Å²) in [5.41, 5.74) is 7.11. The molecule has 1 aromatic carbocycles. The molecule has 5 nitrogen and oxygen atoms in total. The fourth-order valence-electron chi connectivity index (χ4n) is 1.94. The summed E-state index contributed by atoms with van der Waals surface area (Å²) in [7, 11) is 1.61.